The fourth-order valence-corrected chi connectivity index (χ4v) is 7.92. The Morgan fingerprint density at radius 2 is 0.968 bits per heavy atom. The van der Waals surface area contributed by atoms with Gasteiger partial charge in [-0.05, 0) is 120 Å². The molecule has 0 amide bonds. The first-order valence-corrected chi connectivity index (χ1v) is 20.2. The molecule has 0 radical (unpaired) electrons. The summed E-state index contributed by atoms with van der Waals surface area (Å²) in [4.78, 5) is 2.23. The maximum absolute atomic E-state index is 10.9. The van der Waals surface area contributed by atoms with Gasteiger partial charge < -0.3 is 41.1 Å². The Kier molecular flexibility index (Phi) is 10.7. The first-order valence-electron chi connectivity index (χ1n) is 20.2. The van der Waals surface area contributed by atoms with Crippen LogP contribution in [-0.2, 0) is 0 Å². The molecule has 0 aliphatic rings. The third kappa shape index (κ3) is 7.97. The largest absolute Gasteiger partial charge is 0.505 e. The van der Waals surface area contributed by atoms with Gasteiger partial charge in [-0.2, -0.15) is 0 Å². The smallest absolute Gasteiger partial charge is 0.303 e. The molecule has 0 bridgehead atoms. The third-order valence-corrected chi connectivity index (χ3v) is 10.9. The molecule has 1 heterocycles. The highest BCUT2D eigenvalue weighted by Crippen LogP contribution is 2.40. The molecular formula is C54H42N4O5. The molecule has 0 unspecified atom stereocenters. The molecule has 7 N–H and O–H groups in total. The Labute approximate surface area is 364 Å². The van der Waals surface area contributed by atoms with Gasteiger partial charge in [0.15, 0.2) is 17.2 Å². The average molecular weight is 827 g/mol. The maximum Gasteiger partial charge on any atom is 0.303 e. The highest BCUT2D eigenvalue weighted by molar-refractivity contribution is 6.12. The number of benzene rings is 8. The van der Waals surface area contributed by atoms with E-state index in [1.54, 1.807) is 12.1 Å². The second-order valence-electron chi connectivity index (χ2n) is 14.9. The van der Waals surface area contributed by atoms with Crippen LogP contribution in [0.4, 0.5) is 39.8 Å². The van der Waals surface area contributed by atoms with E-state index in [1.807, 2.05) is 103 Å². The molecule has 1 aromatic heterocycles. The van der Waals surface area contributed by atoms with E-state index in [1.165, 1.54) is 4.57 Å². The normalized spacial score (nSPS) is 11.5. The number of aliphatic hydroxyl groups excluding tert-OH is 4. The first kappa shape index (κ1) is 39.6. The van der Waals surface area contributed by atoms with Gasteiger partial charge in [0.1, 0.15) is 0 Å². The number of rotatable bonds is 12. The van der Waals surface area contributed by atoms with Crippen LogP contribution in [0, 0.1) is 0 Å². The number of para-hydroxylation sites is 4. The van der Waals surface area contributed by atoms with Crippen LogP contribution in [0.1, 0.15) is 0 Å². The van der Waals surface area contributed by atoms with Crippen molar-refractivity contribution in [3.8, 4) is 22.3 Å². The van der Waals surface area contributed by atoms with Crippen molar-refractivity contribution >= 4 is 67.3 Å². The standard InChI is InChI=1S/C54H42N4O5/c1-35(59)52(60)53(61)51(54(62)63)58-49-22-11-9-20-46(49)47-34-37(23-32-50(47)58)36-13-12-14-38(33-36)45-19-8-10-21-48(45)56-41-26-30-44(31-27-41)57(42-17-6-3-7-18-42)43-28-24-40(25-29-43)55-39-15-4-2-5-16-39/h2-34,55-56,59-63H,1H2/b53-52-. The van der Waals surface area contributed by atoms with Gasteiger partial charge in [0.05, 0.1) is 11.0 Å². The van der Waals surface area contributed by atoms with Crippen molar-refractivity contribution in [2.24, 2.45) is 0 Å². The van der Waals surface area contributed by atoms with Crippen molar-refractivity contribution in [2.75, 3.05) is 15.5 Å². The summed E-state index contributed by atoms with van der Waals surface area (Å²) < 4.78 is 1.42. The molecule has 308 valence electrons. The Morgan fingerprint density at radius 1 is 0.429 bits per heavy atom. The predicted molar refractivity (Wildman–Crippen MR) is 257 cm³/mol. The van der Waals surface area contributed by atoms with E-state index in [0.717, 1.165) is 72.8 Å². The number of fused-ring (bicyclic) bond motifs is 3. The van der Waals surface area contributed by atoms with E-state index >= 15 is 0 Å². The van der Waals surface area contributed by atoms with Gasteiger partial charge in [0, 0.05) is 56.1 Å². The number of aromatic nitrogens is 1. The molecule has 0 aliphatic carbocycles. The summed E-state index contributed by atoms with van der Waals surface area (Å²) in [6.45, 7) is 3.25. The van der Waals surface area contributed by atoms with Crippen LogP contribution >= 0.6 is 0 Å². The van der Waals surface area contributed by atoms with E-state index in [0.29, 0.717) is 11.0 Å². The van der Waals surface area contributed by atoms with E-state index in [4.69, 9.17) is 0 Å². The summed E-state index contributed by atoms with van der Waals surface area (Å²) in [6, 6.07) is 66.7. The predicted octanol–water partition coefficient (Wildman–Crippen LogP) is 14.7. The number of allylic oxidation sites excluding steroid dienone is 1. The zero-order chi connectivity index (χ0) is 43.5. The van der Waals surface area contributed by atoms with Crippen LogP contribution in [-0.4, -0.2) is 30.1 Å². The second-order valence-corrected chi connectivity index (χ2v) is 14.9. The number of hydrogen-bond acceptors (Lipinski definition) is 8. The van der Waals surface area contributed by atoms with Crippen LogP contribution in [0.15, 0.2) is 230 Å². The van der Waals surface area contributed by atoms with Gasteiger partial charge in [0.25, 0.3) is 0 Å². The second kappa shape index (κ2) is 17.0. The third-order valence-electron chi connectivity index (χ3n) is 10.9. The summed E-state index contributed by atoms with van der Waals surface area (Å²) in [7, 11) is 0. The zero-order valence-electron chi connectivity index (χ0n) is 33.9. The Morgan fingerprint density at radius 3 is 1.65 bits per heavy atom. The quantitative estimate of drug-likeness (QED) is 0.0478. The lowest BCUT2D eigenvalue weighted by atomic mass is 9.97. The van der Waals surface area contributed by atoms with Gasteiger partial charge in [-0.3, -0.25) is 4.57 Å². The fraction of sp³-hybridized carbons (Fsp3) is 0. The molecule has 9 rings (SSSR count). The summed E-state index contributed by atoms with van der Waals surface area (Å²) in [5.74, 6) is -4.01. The molecule has 63 heavy (non-hydrogen) atoms. The van der Waals surface area contributed by atoms with Crippen molar-refractivity contribution in [1.82, 2.24) is 4.57 Å². The van der Waals surface area contributed by atoms with E-state index in [9.17, 15) is 25.5 Å². The number of nitrogens with zero attached hydrogens (tertiary/aromatic N) is 2. The van der Waals surface area contributed by atoms with Crippen LogP contribution < -0.4 is 15.5 Å². The molecular weight excluding hydrogens is 785 g/mol. The van der Waals surface area contributed by atoms with Crippen molar-refractivity contribution in [2.45, 2.75) is 0 Å². The Hall–Kier alpha value is -8.82. The van der Waals surface area contributed by atoms with Crippen molar-refractivity contribution < 1.29 is 25.5 Å². The molecule has 9 heteroatoms. The molecule has 0 atom stereocenters. The highest BCUT2D eigenvalue weighted by atomic mass is 16.5. The number of nitrogens with one attached hydrogen (secondary N) is 2. The van der Waals surface area contributed by atoms with Gasteiger partial charge in [-0.25, -0.2) is 0 Å². The minimum Gasteiger partial charge on any atom is -0.505 e. The SMILES string of the molecule is C=C(O)/C(O)=C(/O)C(=C(O)O)n1c2ccccc2c2cc(-c3cccc(-c4ccccc4Nc4ccc(N(c5ccccc5)c5ccc(Nc6ccccc6)cc5)cc4)c3)ccc21. The maximum atomic E-state index is 10.9. The highest BCUT2D eigenvalue weighted by Gasteiger charge is 2.24. The van der Waals surface area contributed by atoms with E-state index < -0.39 is 28.9 Å². The Bertz CT molecular complexity index is 3170. The summed E-state index contributed by atoms with van der Waals surface area (Å²) in [5, 5.41) is 60.3. The number of hydrogen-bond donors (Lipinski definition) is 7. The van der Waals surface area contributed by atoms with Gasteiger partial charge >= 0.3 is 5.95 Å². The topological polar surface area (TPSA) is 133 Å². The molecule has 0 aliphatic heterocycles. The Balaban J connectivity index is 1.01. The van der Waals surface area contributed by atoms with Crippen molar-refractivity contribution in [1.29, 1.82) is 0 Å². The fourth-order valence-electron chi connectivity index (χ4n) is 7.92. The van der Waals surface area contributed by atoms with Gasteiger partial charge in [-0.15, -0.1) is 0 Å². The lowest BCUT2D eigenvalue weighted by molar-refractivity contribution is 0.189. The zero-order valence-corrected chi connectivity index (χ0v) is 33.9. The van der Waals surface area contributed by atoms with Crippen molar-refractivity contribution in [3.63, 3.8) is 0 Å². The van der Waals surface area contributed by atoms with E-state index in [-0.39, 0.29) is 0 Å². The monoisotopic (exact) mass is 826 g/mol. The van der Waals surface area contributed by atoms with Gasteiger partial charge in [0.2, 0.25) is 5.76 Å². The molecule has 0 fully saturated rings. The van der Waals surface area contributed by atoms with Crippen LogP contribution in [0.5, 0.6) is 0 Å². The lowest BCUT2D eigenvalue weighted by Crippen LogP contribution is -2.09. The molecule has 9 nitrogen and oxygen atoms in total. The molecule has 8 aromatic carbocycles. The van der Waals surface area contributed by atoms with Crippen LogP contribution in [0.3, 0.4) is 0 Å². The van der Waals surface area contributed by atoms with Crippen LogP contribution in [0.2, 0.25) is 0 Å². The molecule has 9 aromatic rings. The first-order chi connectivity index (χ1) is 30.7. The molecule has 0 saturated heterocycles. The average Bonchev–Trinajstić information content (AvgIpc) is 3.64. The van der Waals surface area contributed by atoms with Gasteiger partial charge in [-0.1, -0.05) is 104 Å². The minimum absolute atomic E-state index is 0.516. The van der Waals surface area contributed by atoms with Crippen LogP contribution in [0.25, 0.3) is 49.8 Å². The number of anilines is 7. The summed E-state index contributed by atoms with van der Waals surface area (Å²) >= 11 is 0. The van der Waals surface area contributed by atoms with E-state index in [2.05, 4.69) is 107 Å². The lowest BCUT2D eigenvalue weighted by Gasteiger charge is -2.26. The summed E-state index contributed by atoms with van der Waals surface area (Å²) in [5.41, 5.74) is 11.4. The summed E-state index contributed by atoms with van der Waals surface area (Å²) in [6.07, 6.45) is 0. The molecule has 0 spiro atoms. The minimum atomic E-state index is -1.25. The van der Waals surface area contributed by atoms with Crippen molar-refractivity contribution in [3.05, 3.63) is 230 Å². The molecule has 0 saturated carbocycles. The number of aliphatic hydroxyl groups is 5.